The second-order valence-electron chi connectivity index (χ2n) is 9.93. The highest BCUT2D eigenvalue weighted by Gasteiger charge is 2.31. The third-order valence-electron chi connectivity index (χ3n) is 6.93. The van der Waals surface area contributed by atoms with E-state index < -0.39 is 12.0 Å². The minimum Gasteiger partial charge on any atom is -0.490 e. The van der Waals surface area contributed by atoms with Gasteiger partial charge >= 0.3 is 5.97 Å². The van der Waals surface area contributed by atoms with Crippen LogP contribution in [0.3, 0.4) is 0 Å². The topological polar surface area (TPSA) is 97.6 Å². The van der Waals surface area contributed by atoms with Gasteiger partial charge in [-0.15, -0.1) is 0 Å². The zero-order valence-corrected chi connectivity index (χ0v) is 29.7. The number of benzene rings is 3. The average Bonchev–Trinajstić information content (AvgIpc) is 3.36. The van der Waals surface area contributed by atoms with Gasteiger partial charge in [0.25, 0.3) is 5.56 Å². The van der Waals surface area contributed by atoms with Gasteiger partial charge in [-0.05, 0) is 95.9 Å². The number of nitrogens with zero attached hydrogens (tertiary/aromatic N) is 2. The van der Waals surface area contributed by atoms with Crippen LogP contribution in [-0.2, 0) is 16.1 Å². The number of carbonyl (C=O) groups excluding carboxylic acids is 1. The lowest BCUT2D eigenvalue weighted by molar-refractivity contribution is -0.136. The number of esters is 1. The lowest BCUT2D eigenvalue weighted by Crippen LogP contribution is -2.39. The van der Waals surface area contributed by atoms with E-state index in [1.54, 1.807) is 18.2 Å². The molecule has 0 N–H and O–H groups in total. The predicted molar refractivity (Wildman–Crippen MR) is 184 cm³/mol. The standard InChI is InChI=1S/C34H32Br2N2O7S/c1-5-42-26-13-10-22(17-27(26)43-6-2)30-24(33(40)41-4)18-37-34-38(30)32(39)29(46-34)16-21-14-25(36)31(28(15-21)44-7-3)45-19-20-8-11-23(35)12-9-20/h8-18,30H,5-7,19H2,1-4H3/b29-16-/t30-/m1/s1. The number of aromatic nitrogens is 1. The van der Waals surface area contributed by atoms with E-state index in [2.05, 4.69) is 36.9 Å². The van der Waals surface area contributed by atoms with Crippen LogP contribution >= 0.6 is 43.2 Å². The molecular weight excluding hydrogens is 740 g/mol. The molecule has 0 aliphatic carbocycles. The summed E-state index contributed by atoms with van der Waals surface area (Å²) < 4.78 is 32.4. The van der Waals surface area contributed by atoms with Gasteiger partial charge in [0.2, 0.25) is 0 Å². The van der Waals surface area contributed by atoms with Gasteiger partial charge in [-0.2, -0.15) is 0 Å². The molecule has 1 aliphatic heterocycles. The molecule has 1 aromatic heterocycles. The fraction of sp³-hybridized carbons (Fsp3) is 0.265. The maximum Gasteiger partial charge on any atom is 0.337 e. The van der Waals surface area contributed by atoms with Gasteiger partial charge in [0.05, 0.1) is 47.6 Å². The van der Waals surface area contributed by atoms with E-state index in [9.17, 15) is 9.59 Å². The molecule has 0 fully saturated rings. The number of hydrogen-bond donors (Lipinski definition) is 0. The van der Waals surface area contributed by atoms with Crippen molar-refractivity contribution in [1.29, 1.82) is 0 Å². The second kappa shape index (κ2) is 15.1. The molecule has 0 saturated carbocycles. The van der Waals surface area contributed by atoms with Crippen molar-refractivity contribution in [3.63, 3.8) is 0 Å². The van der Waals surface area contributed by atoms with Crippen molar-refractivity contribution < 1.29 is 28.5 Å². The smallest absolute Gasteiger partial charge is 0.337 e. The Morgan fingerprint density at radius 2 is 1.61 bits per heavy atom. The Morgan fingerprint density at radius 3 is 2.30 bits per heavy atom. The van der Waals surface area contributed by atoms with E-state index in [0.717, 1.165) is 15.6 Å². The molecule has 1 aliphatic rings. The Balaban J connectivity index is 1.57. The Bertz CT molecular complexity index is 1950. The molecule has 240 valence electrons. The summed E-state index contributed by atoms with van der Waals surface area (Å²) in [6.45, 7) is 7.31. The van der Waals surface area contributed by atoms with Crippen molar-refractivity contribution in [3.05, 3.63) is 112 Å². The van der Waals surface area contributed by atoms with Gasteiger partial charge in [0, 0.05) is 10.7 Å². The van der Waals surface area contributed by atoms with E-state index in [-0.39, 0.29) is 11.1 Å². The highest BCUT2D eigenvalue weighted by Crippen LogP contribution is 2.38. The van der Waals surface area contributed by atoms with Crippen LogP contribution in [0.4, 0.5) is 0 Å². The number of carbonyl (C=O) groups is 1. The van der Waals surface area contributed by atoms with Crippen LogP contribution in [0.1, 0.15) is 43.5 Å². The zero-order chi connectivity index (χ0) is 32.8. The summed E-state index contributed by atoms with van der Waals surface area (Å²) in [6.07, 6.45) is 3.24. The van der Waals surface area contributed by atoms with E-state index in [4.69, 9.17) is 23.7 Å². The Morgan fingerprint density at radius 1 is 0.913 bits per heavy atom. The zero-order valence-electron chi connectivity index (χ0n) is 25.7. The molecule has 1 atom stereocenters. The van der Waals surface area contributed by atoms with Crippen molar-refractivity contribution in [3.8, 4) is 23.0 Å². The van der Waals surface area contributed by atoms with Crippen molar-refractivity contribution in [2.75, 3.05) is 26.9 Å². The van der Waals surface area contributed by atoms with Gasteiger partial charge in [-0.25, -0.2) is 9.79 Å². The highest BCUT2D eigenvalue weighted by atomic mass is 79.9. The van der Waals surface area contributed by atoms with Crippen LogP contribution in [-0.4, -0.2) is 37.5 Å². The monoisotopic (exact) mass is 770 g/mol. The first-order chi connectivity index (χ1) is 22.3. The number of halogens is 2. The van der Waals surface area contributed by atoms with Gasteiger partial charge in [0.1, 0.15) is 6.61 Å². The molecule has 0 saturated heterocycles. The second-order valence-corrected chi connectivity index (χ2v) is 12.7. The maximum atomic E-state index is 14.1. The number of rotatable bonds is 12. The first kappa shape index (κ1) is 33.5. The normalized spacial score (nSPS) is 14.2. The lowest BCUT2D eigenvalue weighted by Gasteiger charge is -2.23. The summed E-state index contributed by atoms with van der Waals surface area (Å²) in [5.41, 5.74) is 2.30. The molecule has 0 radical (unpaired) electrons. The van der Waals surface area contributed by atoms with Gasteiger partial charge in [0.15, 0.2) is 27.8 Å². The maximum absolute atomic E-state index is 14.1. The molecule has 46 heavy (non-hydrogen) atoms. The van der Waals surface area contributed by atoms with Gasteiger partial charge in [-0.3, -0.25) is 9.36 Å². The number of hydrogen-bond acceptors (Lipinski definition) is 9. The Hall–Kier alpha value is -3.87. The van der Waals surface area contributed by atoms with Gasteiger partial charge < -0.3 is 23.7 Å². The SMILES string of the molecule is CCOc1ccc([C@@H]2C(C(=O)OC)=CN=c3s/c(=C\c4cc(Br)c(OCc5ccc(Br)cc5)c(OCC)c4)c(=O)n32)cc1OCC. The van der Waals surface area contributed by atoms with E-state index in [1.165, 1.54) is 29.2 Å². The lowest BCUT2D eigenvalue weighted by atomic mass is 9.97. The van der Waals surface area contributed by atoms with Crippen LogP contribution in [0.15, 0.2) is 85.1 Å². The van der Waals surface area contributed by atoms with Crippen LogP contribution in [0.2, 0.25) is 0 Å². The highest BCUT2D eigenvalue weighted by molar-refractivity contribution is 9.10. The predicted octanol–water partition coefficient (Wildman–Crippen LogP) is 6.32. The van der Waals surface area contributed by atoms with Crippen LogP contribution in [0.5, 0.6) is 23.0 Å². The van der Waals surface area contributed by atoms with Crippen molar-refractivity contribution in [2.24, 2.45) is 4.99 Å². The summed E-state index contributed by atoms with van der Waals surface area (Å²) in [6, 6.07) is 16.2. The summed E-state index contributed by atoms with van der Waals surface area (Å²) in [5.74, 6) is 1.60. The Labute approximate surface area is 287 Å². The van der Waals surface area contributed by atoms with E-state index >= 15 is 0 Å². The fourth-order valence-corrected chi connectivity index (χ4v) is 6.76. The number of ether oxygens (including phenoxy) is 5. The molecule has 4 aromatic rings. The molecule has 0 spiro atoms. The van der Waals surface area contributed by atoms with E-state index in [1.807, 2.05) is 63.2 Å². The van der Waals surface area contributed by atoms with Crippen LogP contribution < -0.4 is 33.8 Å². The molecule has 9 nitrogen and oxygen atoms in total. The summed E-state index contributed by atoms with van der Waals surface area (Å²) in [5, 5.41) is 0. The van der Waals surface area contributed by atoms with Crippen molar-refractivity contribution in [2.45, 2.75) is 33.4 Å². The molecule has 0 amide bonds. The first-order valence-corrected chi connectivity index (χ1v) is 17.0. The molecule has 3 aromatic carbocycles. The largest absolute Gasteiger partial charge is 0.490 e. The van der Waals surface area contributed by atoms with E-state index in [0.29, 0.717) is 68.8 Å². The third kappa shape index (κ3) is 7.24. The number of fused-ring (bicyclic) bond motifs is 1. The summed E-state index contributed by atoms with van der Waals surface area (Å²) >= 11 is 8.32. The van der Waals surface area contributed by atoms with Crippen molar-refractivity contribution in [1.82, 2.24) is 4.57 Å². The van der Waals surface area contributed by atoms with Crippen LogP contribution in [0.25, 0.3) is 6.08 Å². The molecule has 0 unspecified atom stereocenters. The quantitative estimate of drug-likeness (QED) is 0.156. The molecule has 2 heterocycles. The number of methoxy groups -OCH3 is 1. The molecule has 5 rings (SSSR count). The van der Waals surface area contributed by atoms with Crippen LogP contribution in [0, 0.1) is 0 Å². The minimum atomic E-state index is -0.791. The average molecular weight is 773 g/mol. The molecular formula is C34H32Br2N2O7S. The Kier molecular flexibility index (Phi) is 11.0. The fourth-order valence-electron chi connectivity index (χ4n) is 4.95. The minimum absolute atomic E-state index is 0.224. The summed E-state index contributed by atoms with van der Waals surface area (Å²) in [4.78, 5) is 31.9. The molecule has 12 heteroatoms. The first-order valence-electron chi connectivity index (χ1n) is 14.6. The molecule has 0 bridgehead atoms. The number of thiazole rings is 1. The van der Waals surface area contributed by atoms with Crippen molar-refractivity contribution >= 4 is 55.2 Å². The van der Waals surface area contributed by atoms with Gasteiger partial charge in [-0.1, -0.05) is 45.5 Å². The third-order valence-corrected chi connectivity index (χ3v) is 9.05. The summed E-state index contributed by atoms with van der Waals surface area (Å²) in [7, 11) is 1.30.